The Morgan fingerprint density at radius 2 is 2.55 bits per heavy atom. The first-order chi connectivity index (χ1) is 5.25. The molecule has 1 rings (SSSR count). The van der Waals surface area contributed by atoms with Gasteiger partial charge in [-0.15, -0.1) is 10.2 Å². The van der Waals surface area contributed by atoms with Crippen molar-refractivity contribution >= 4 is 5.78 Å². The number of tetrazole rings is 1. The maximum absolute atomic E-state index is 11.0. The van der Waals surface area contributed by atoms with E-state index in [0.29, 0.717) is 0 Å². The van der Waals surface area contributed by atoms with Crippen LogP contribution in [-0.2, 0) is 0 Å². The van der Waals surface area contributed by atoms with E-state index in [2.05, 4.69) is 20.6 Å². The van der Waals surface area contributed by atoms with Crippen molar-refractivity contribution in [3.05, 3.63) is 5.82 Å². The van der Waals surface area contributed by atoms with Crippen molar-refractivity contribution in [2.24, 2.45) is 5.73 Å². The van der Waals surface area contributed by atoms with Gasteiger partial charge in [-0.2, -0.15) is 5.21 Å². The van der Waals surface area contributed by atoms with E-state index in [4.69, 9.17) is 10.8 Å². The minimum atomic E-state index is -0.965. The number of carbonyl (C=O) groups excluding carboxylic acids is 1. The molecule has 0 saturated heterocycles. The molecule has 0 radical (unpaired) electrons. The Balaban J connectivity index is 2.70. The molecule has 4 N–H and O–H groups in total. The number of nitrogens with one attached hydrogen (secondary N) is 1. The molecule has 0 aromatic carbocycles. The van der Waals surface area contributed by atoms with Crippen LogP contribution in [0, 0.1) is 0 Å². The zero-order valence-electron chi connectivity index (χ0n) is 5.56. The molecule has 11 heavy (non-hydrogen) atoms. The molecule has 7 nitrogen and oxygen atoms in total. The van der Waals surface area contributed by atoms with Crippen LogP contribution in [0.25, 0.3) is 0 Å². The lowest BCUT2D eigenvalue weighted by atomic mass is 10.2. The van der Waals surface area contributed by atoms with Crippen LogP contribution in [0.2, 0.25) is 0 Å². The normalized spacial score (nSPS) is 12.9. The van der Waals surface area contributed by atoms with E-state index in [9.17, 15) is 4.79 Å². The van der Waals surface area contributed by atoms with E-state index in [0.717, 1.165) is 0 Å². The Morgan fingerprint density at radius 1 is 1.82 bits per heavy atom. The third kappa shape index (κ3) is 1.57. The topological polar surface area (TPSA) is 118 Å². The Bertz CT molecular complexity index is 233. The molecular weight excluding hydrogens is 150 g/mol. The van der Waals surface area contributed by atoms with Crippen LogP contribution in [0.3, 0.4) is 0 Å². The van der Waals surface area contributed by atoms with Crippen molar-refractivity contribution < 1.29 is 9.90 Å². The predicted octanol–water partition coefficient (Wildman–Crippen LogP) is -2.30. The first kappa shape index (κ1) is 7.76. The molecule has 0 fully saturated rings. The van der Waals surface area contributed by atoms with E-state index in [1.165, 1.54) is 0 Å². The van der Waals surface area contributed by atoms with E-state index < -0.39 is 18.4 Å². The van der Waals surface area contributed by atoms with Gasteiger partial charge < -0.3 is 10.8 Å². The average Bonchev–Trinajstić information content (AvgIpc) is 2.53. The van der Waals surface area contributed by atoms with Crippen molar-refractivity contribution in [1.82, 2.24) is 20.6 Å². The number of hydrogen-bond donors (Lipinski definition) is 3. The Morgan fingerprint density at radius 3 is 3.00 bits per heavy atom. The highest BCUT2D eigenvalue weighted by Crippen LogP contribution is 1.90. The highest BCUT2D eigenvalue weighted by molar-refractivity contribution is 5.96. The maximum Gasteiger partial charge on any atom is 0.241 e. The summed E-state index contributed by atoms with van der Waals surface area (Å²) in [4.78, 5) is 11.0. The molecule has 0 spiro atoms. The Labute approximate surface area is 61.6 Å². The molecule has 1 atom stereocenters. The van der Waals surface area contributed by atoms with Crippen molar-refractivity contribution in [2.45, 2.75) is 6.04 Å². The van der Waals surface area contributed by atoms with Gasteiger partial charge in [-0.1, -0.05) is 0 Å². The summed E-state index contributed by atoms with van der Waals surface area (Å²) in [5.74, 6) is -0.632. The second-order valence-electron chi connectivity index (χ2n) is 1.89. The smallest absolute Gasteiger partial charge is 0.241 e. The monoisotopic (exact) mass is 157 g/mol. The molecule has 0 bridgehead atoms. The molecule has 0 saturated carbocycles. The number of nitrogens with zero attached hydrogens (tertiary/aromatic N) is 3. The Kier molecular flexibility index (Phi) is 2.24. The minimum absolute atomic E-state index is 0.105. The van der Waals surface area contributed by atoms with Gasteiger partial charge >= 0.3 is 0 Å². The molecule has 0 aliphatic carbocycles. The molecular formula is C4H7N5O2. The molecule has 60 valence electrons. The average molecular weight is 157 g/mol. The summed E-state index contributed by atoms with van der Waals surface area (Å²) in [7, 11) is 0. The van der Waals surface area contributed by atoms with Crippen LogP contribution in [0.5, 0.6) is 0 Å². The number of rotatable bonds is 3. The van der Waals surface area contributed by atoms with Crippen LogP contribution >= 0.6 is 0 Å². The van der Waals surface area contributed by atoms with Gasteiger partial charge in [-0.25, -0.2) is 0 Å². The fraction of sp³-hybridized carbons (Fsp3) is 0.500. The van der Waals surface area contributed by atoms with Gasteiger partial charge in [0.1, 0.15) is 0 Å². The number of H-pyrrole nitrogens is 1. The summed E-state index contributed by atoms with van der Waals surface area (Å²) in [6.45, 7) is -0.423. The molecule has 0 aliphatic heterocycles. The van der Waals surface area contributed by atoms with Gasteiger partial charge in [0.25, 0.3) is 0 Å². The number of aromatic nitrogens is 4. The van der Waals surface area contributed by atoms with E-state index >= 15 is 0 Å². The number of Topliss-reactive ketones (excluding diaryl/α,β-unsaturated/α-hetero) is 1. The summed E-state index contributed by atoms with van der Waals surface area (Å²) in [6, 6.07) is -0.965. The molecule has 1 aromatic rings. The third-order valence-corrected chi connectivity index (χ3v) is 1.10. The highest BCUT2D eigenvalue weighted by Gasteiger charge is 2.18. The quantitative estimate of drug-likeness (QED) is 0.425. The van der Waals surface area contributed by atoms with Crippen LogP contribution in [0.15, 0.2) is 0 Å². The van der Waals surface area contributed by atoms with Gasteiger partial charge in [-0.3, -0.25) is 4.79 Å². The van der Waals surface area contributed by atoms with Gasteiger partial charge in [0.2, 0.25) is 11.6 Å². The standard InChI is InChI=1S/C4H7N5O2/c5-2(1-10)3(11)4-6-8-9-7-4/h2,10H,1,5H2,(H,6,7,8,9)/t2-/m0/s1. The van der Waals surface area contributed by atoms with Gasteiger partial charge in [0.15, 0.2) is 0 Å². The second-order valence-corrected chi connectivity index (χ2v) is 1.89. The number of carbonyl (C=O) groups is 1. The predicted molar refractivity (Wildman–Crippen MR) is 33.6 cm³/mol. The van der Waals surface area contributed by atoms with E-state index in [1.807, 2.05) is 0 Å². The van der Waals surface area contributed by atoms with Gasteiger partial charge in [0, 0.05) is 0 Å². The van der Waals surface area contributed by atoms with Crippen LogP contribution in [-0.4, -0.2) is 44.2 Å². The third-order valence-electron chi connectivity index (χ3n) is 1.10. The number of hydrogen-bond acceptors (Lipinski definition) is 6. The SMILES string of the molecule is N[C@@H](CO)C(=O)c1nn[nH]n1. The van der Waals surface area contributed by atoms with Gasteiger partial charge in [0.05, 0.1) is 12.6 Å². The van der Waals surface area contributed by atoms with Crippen LogP contribution in [0.1, 0.15) is 10.6 Å². The number of aliphatic hydroxyl groups excluding tert-OH is 1. The highest BCUT2D eigenvalue weighted by atomic mass is 16.3. The van der Waals surface area contributed by atoms with Crippen molar-refractivity contribution in [3.63, 3.8) is 0 Å². The lowest BCUT2D eigenvalue weighted by Gasteiger charge is -2.00. The molecule has 7 heteroatoms. The fourth-order valence-corrected chi connectivity index (χ4v) is 0.515. The largest absolute Gasteiger partial charge is 0.394 e. The first-order valence-corrected chi connectivity index (χ1v) is 2.90. The van der Waals surface area contributed by atoms with Crippen molar-refractivity contribution in [1.29, 1.82) is 0 Å². The number of aliphatic hydroxyl groups is 1. The van der Waals surface area contributed by atoms with Gasteiger partial charge in [-0.05, 0) is 5.21 Å². The zero-order valence-corrected chi connectivity index (χ0v) is 5.56. The summed E-state index contributed by atoms with van der Waals surface area (Å²) >= 11 is 0. The number of nitrogens with two attached hydrogens (primary N) is 1. The number of aromatic amines is 1. The maximum atomic E-state index is 11.0. The lowest BCUT2D eigenvalue weighted by Crippen LogP contribution is -2.34. The summed E-state index contributed by atoms with van der Waals surface area (Å²) in [5.41, 5.74) is 5.19. The zero-order chi connectivity index (χ0) is 8.27. The number of ketones is 1. The van der Waals surface area contributed by atoms with Crippen molar-refractivity contribution in [2.75, 3.05) is 6.61 Å². The molecule has 0 unspecified atom stereocenters. The Hall–Kier alpha value is -1.34. The van der Waals surface area contributed by atoms with Crippen LogP contribution < -0.4 is 5.73 Å². The molecule has 0 aliphatic rings. The van der Waals surface area contributed by atoms with Crippen LogP contribution in [0.4, 0.5) is 0 Å². The molecule has 0 amide bonds. The summed E-state index contributed by atoms with van der Waals surface area (Å²) in [6.07, 6.45) is 0. The second kappa shape index (κ2) is 3.17. The fourth-order valence-electron chi connectivity index (χ4n) is 0.515. The van der Waals surface area contributed by atoms with E-state index in [-0.39, 0.29) is 5.82 Å². The molecule has 1 aromatic heterocycles. The lowest BCUT2D eigenvalue weighted by molar-refractivity contribution is 0.0915. The van der Waals surface area contributed by atoms with E-state index in [1.54, 1.807) is 0 Å². The summed E-state index contributed by atoms with van der Waals surface area (Å²) < 4.78 is 0. The van der Waals surface area contributed by atoms with Crippen molar-refractivity contribution in [3.8, 4) is 0 Å². The summed E-state index contributed by atoms with van der Waals surface area (Å²) in [5, 5.41) is 20.5. The molecule has 1 heterocycles. The minimum Gasteiger partial charge on any atom is -0.394 e. The first-order valence-electron chi connectivity index (χ1n) is 2.90.